The summed E-state index contributed by atoms with van der Waals surface area (Å²) in [5, 5.41) is 4.62. The number of amides is 2. The Hall–Kier alpha value is -3.77. The Kier molecular flexibility index (Phi) is 5.60. The van der Waals surface area contributed by atoms with Crippen LogP contribution >= 0.6 is 0 Å². The zero-order valence-corrected chi connectivity index (χ0v) is 18.8. The fraction of sp³-hybridized carbons (Fsp3) is 0.391. The average Bonchev–Trinajstić information content (AvgIpc) is 3.44. The van der Waals surface area contributed by atoms with Gasteiger partial charge in [0, 0.05) is 11.9 Å². The number of nitrogens with zero attached hydrogens (tertiary/aromatic N) is 5. The van der Waals surface area contributed by atoms with Crippen molar-refractivity contribution in [3.63, 3.8) is 0 Å². The van der Waals surface area contributed by atoms with Crippen molar-refractivity contribution in [2.75, 3.05) is 25.4 Å². The van der Waals surface area contributed by atoms with E-state index in [0.717, 1.165) is 22.1 Å². The lowest BCUT2D eigenvalue weighted by molar-refractivity contribution is -0.183. The Morgan fingerprint density at radius 3 is 2.64 bits per heavy atom. The molecule has 2 aliphatic heterocycles. The van der Waals surface area contributed by atoms with Crippen LogP contribution in [0.3, 0.4) is 0 Å². The Labute approximate surface area is 201 Å². The first-order valence-electron chi connectivity index (χ1n) is 11.2. The van der Waals surface area contributed by atoms with Crippen LogP contribution in [0, 0.1) is 5.82 Å². The number of pyridine rings is 1. The predicted octanol–water partition coefficient (Wildman–Crippen LogP) is 3.03. The molecule has 36 heavy (non-hydrogen) atoms. The molecule has 8 nitrogen and oxygen atoms in total. The van der Waals surface area contributed by atoms with E-state index in [1.807, 2.05) is 0 Å². The second kappa shape index (κ2) is 8.42. The Bertz CT molecular complexity index is 1350. The summed E-state index contributed by atoms with van der Waals surface area (Å²) in [6.45, 7) is -1.36. The molecule has 2 aromatic heterocycles. The first kappa shape index (κ1) is 23.9. The molecule has 2 fully saturated rings. The maximum Gasteiger partial charge on any atom is 0.408 e. The van der Waals surface area contributed by atoms with Gasteiger partial charge in [0.2, 0.25) is 5.91 Å². The molecule has 5 rings (SSSR count). The molecule has 13 heteroatoms. The number of benzene rings is 1. The molecule has 0 bridgehead atoms. The van der Waals surface area contributed by atoms with Crippen LogP contribution in [0.4, 0.5) is 27.8 Å². The number of alkyl halides is 4. The zero-order valence-electron chi connectivity index (χ0n) is 18.8. The molecule has 2 saturated heterocycles. The number of halogens is 5. The van der Waals surface area contributed by atoms with Crippen molar-refractivity contribution >= 4 is 28.5 Å². The number of fused-ring (bicyclic) bond motifs is 1. The van der Waals surface area contributed by atoms with Crippen molar-refractivity contribution in [1.82, 2.24) is 24.6 Å². The molecule has 2 N–H and O–H groups in total. The Morgan fingerprint density at radius 2 is 1.92 bits per heavy atom. The molecule has 2 amide bonds. The molecule has 0 radical (unpaired) electrons. The Morgan fingerprint density at radius 1 is 1.19 bits per heavy atom. The summed E-state index contributed by atoms with van der Waals surface area (Å²) in [5.74, 6) is -2.48. The minimum atomic E-state index is -4.53. The van der Waals surface area contributed by atoms with Gasteiger partial charge < -0.3 is 15.5 Å². The maximum absolute atomic E-state index is 15.9. The number of carbonyl (C=O) groups excluding carboxylic acids is 2. The second-order valence-electron chi connectivity index (χ2n) is 9.03. The highest BCUT2D eigenvalue weighted by atomic mass is 19.4. The van der Waals surface area contributed by atoms with Crippen molar-refractivity contribution < 1.29 is 31.5 Å². The monoisotopic (exact) mass is 508 g/mol. The summed E-state index contributed by atoms with van der Waals surface area (Å²) >= 11 is 0. The number of anilines is 1. The SMILES string of the molecule is Nc1cc(C(=O)N2CC(F)(c3nn(CC(=O)N4CCC[C@H]4C(F)(F)F)c4ccccc34)C2)c(F)cn1. The summed E-state index contributed by atoms with van der Waals surface area (Å²) in [6, 6.07) is 5.67. The molecule has 190 valence electrons. The number of nitrogen functional groups attached to an aromatic ring is 1. The topological polar surface area (TPSA) is 97.3 Å². The van der Waals surface area contributed by atoms with Gasteiger partial charge in [-0.05, 0) is 25.0 Å². The highest BCUT2D eigenvalue weighted by Gasteiger charge is 2.51. The molecule has 3 aromatic rings. The van der Waals surface area contributed by atoms with Crippen LogP contribution in [0.1, 0.15) is 28.9 Å². The summed E-state index contributed by atoms with van der Waals surface area (Å²) in [7, 11) is 0. The number of nitrogens with two attached hydrogens (primary N) is 1. The largest absolute Gasteiger partial charge is 0.408 e. The van der Waals surface area contributed by atoms with Crippen molar-refractivity contribution in [3.05, 3.63) is 53.6 Å². The van der Waals surface area contributed by atoms with Gasteiger partial charge in [0.05, 0.1) is 30.4 Å². The van der Waals surface area contributed by atoms with Gasteiger partial charge in [-0.15, -0.1) is 0 Å². The molecule has 1 aromatic carbocycles. The van der Waals surface area contributed by atoms with Gasteiger partial charge in [-0.2, -0.15) is 18.3 Å². The van der Waals surface area contributed by atoms with Crippen molar-refractivity contribution in [2.24, 2.45) is 0 Å². The van der Waals surface area contributed by atoms with E-state index in [1.54, 1.807) is 24.3 Å². The van der Waals surface area contributed by atoms with Crippen LogP contribution < -0.4 is 5.73 Å². The van der Waals surface area contributed by atoms with Crippen molar-refractivity contribution in [2.45, 2.75) is 37.3 Å². The van der Waals surface area contributed by atoms with E-state index < -0.39 is 55.2 Å². The highest BCUT2D eigenvalue weighted by molar-refractivity contribution is 5.96. The molecule has 1 atom stereocenters. The minimum absolute atomic E-state index is 0.0186. The third-order valence-corrected chi connectivity index (χ3v) is 6.60. The lowest BCUT2D eigenvalue weighted by Gasteiger charge is -2.43. The number of rotatable bonds is 4. The molecule has 0 unspecified atom stereocenters. The number of para-hydroxylation sites is 1. The van der Waals surface area contributed by atoms with E-state index in [0.29, 0.717) is 10.9 Å². The smallest absolute Gasteiger partial charge is 0.384 e. The normalized spacial score (nSPS) is 19.5. The van der Waals surface area contributed by atoms with Crippen LogP contribution in [0.2, 0.25) is 0 Å². The van der Waals surface area contributed by atoms with Gasteiger partial charge in [0.15, 0.2) is 11.5 Å². The minimum Gasteiger partial charge on any atom is -0.384 e. The van der Waals surface area contributed by atoms with E-state index >= 15 is 4.39 Å². The number of carbonyl (C=O) groups is 2. The van der Waals surface area contributed by atoms with E-state index in [2.05, 4.69) is 10.1 Å². The lowest BCUT2D eigenvalue weighted by Crippen LogP contribution is -2.59. The zero-order chi connectivity index (χ0) is 25.8. The van der Waals surface area contributed by atoms with Crippen LogP contribution in [0.15, 0.2) is 36.5 Å². The van der Waals surface area contributed by atoms with Crippen LogP contribution in [0.25, 0.3) is 10.9 Å². The fourth-order valence-corrected chi connectivity index (χ4v) is 4.84. The van der Waals surface area contributed by atoms with Gasteiger partial charge >= 0.3 is 6.18 Å². The first-order valence-corrected chi connectivity index (χ1v) is 11.2. The summed E-state index contributed by atoms with van der Waals surface area (Å²) in [4.78, 5) is 30.9. The van der Waals surface area contributed by atoms with Gasteiger partial charge in [0.25, 0.3) is 5.91 Å². The number of aromatic nitrogens is 3. The predicted molar refractivity (Wildman–Crippen MR) is 118 cm³/mol. The number of hydrogen-bond acceptors (Lipinski definition) is 5. The van der Waals surface area contributed by atoms with Crippen LogP contribution in [-0.2, 0) is 17.0 Å². The summed E-state index contributed by atoms with van der Waals surface area (Å²) in [5.41, 5.74) is 3.42. The molecular weight excluding hydrogens is 487 g/mol. The van der Waals surface area contributed by atoms with Gasteiger partial charge in [-0.25, -0.2) is 13.8 Å². The lowest BCUT2D eigenvalue weighted by atomic mass is 9.89. The van der Waals surface area contributed by atoms with E-state index in [1.165, 1.54) is 4.68 Å². The van der Waals surface area contributed by atoms with Crippen molar-refractivity contribution in [1.29, 1.82) is 0 Å². The van der Waals surface area contributed by atoms with Crippen molar-refractivity contribution in [3.8, 4) is 0 Å². The molecule has 0 saturated carbocycles. The summed E-state index contributed by atoms with van der Waals surface area (Å²) in [6.07, 6.45) is -3.65. The molecule has 0 aliphatic carbocycles. The quantitative estimate of drug-likeness (QED) is 0.547. The van der Waals surface area contributed by atoms with E-state index in [4.69, 9.17) is 5.73 Å². The standard InChI is InChI=1S/C23H21F5N6O2/c24-15-9-30-18(29)8-14(15)21(36)32-11-22(25,12-32)20-13-4-1-2-5-16(13)34(31-20)10-19(35)33-7-3-6-17(33)23(26,27)28/h1-2,4-5,8-9,17H,3,6-7,10-12H2,(H2,29,30)/t17-/m0/s1. The average molecular weight is 508 g/mol. The van der Waals surface area contributed by atoms with Crippen LogP contribution in [0.5, 0.6) is 0 Å². The molecule has 0 spiro atoms. The third kappa shape index (κ3) is 4.01. The molecule has 2 aliphatic rings. The maximum atomic E-state index is 15.9. The molecule has 4 heterocycles. The van der Waals surface area contributed by atoms with Gasteiger partial charge in [-0.1, -0.05) is 18.2 Å². The summed E-state index contributed by atoms with van der Waals surface area (Å²) < 4.78 is 71.1. The van der Waals surface area contributed by atoms with E-state index in [-0.39, 0.29) is 36.5 Å². The number of hydrogen-bond donors (Lipinski definition) is 1. The third-order valence-electron chi connectivity index (χ3n) is 6.60. The fourth-order valence-electron chi connectivity index (χ4n) is 4.84. The highest BCUT2D eigenvalue weighted by Crippen LogP contribution is 2.40. The first-order chi connectivity index (χ1) is 17.0. The van der Waals surface area contributed by atoms with Gasteiger partial charge in [-0.3, -0.25) is 14.3 Å². The second-order valence-corrected chi connectivity index (χ2v) is 9.03. The Balaban J connectivity index is 1.39. The van der Waals surface area contributed by atoms with E-state index in [9.17, 15) is 27.2 Å². The number of likely N-dealkylation sites (tertiary alicyclic amines) is 2. The van der Waals surface area contributed by atoms with Gasteiger partial charge in [0.1, 0.15) is 24.1 Å². The molecular formula is C23H21F5N6O2. The van der Waals surface area contributed by atoms with Crippen LogP contribution in [-0.4, -0.2) is 68.2 Å².